The molecule has 0 spiro atoms. The fourth-order valence-corrected chi connectivity index (χ4v) is 3.75. The van der Waals surface area contributed by atoms with Gasteiger partial charge in [0, 0.05) is 31.4 Å². The van der Waals surface area contributed by atoms with Gasteiger partial charge in [0.25, 0.3) is 10.2 Å². The zero-order valence-electron chi connectivity index (χ0n) is 13.2. The third-order valence-corrected chi connectivity index (χ3v) is 4.79. The molecule has 22 heavy (non-hydrogen) atoms. The first kappa shape index (κ1) is 17.1. The highest BCUT2D eigenvalue weighted by molar-refractivity contribution is 7.87. The van der Waals surface area contributed by atoms with Crippen LogP contribution in [0.5, 0.6) is 5.88 Å². The van der Waals surface area contributed by atoms with Gasteiger partial charge < -0.3 is 9.47 Å². The van der Waals surface area contributed by atoms with Crippen LogP contribution in [0.25, 0.3) is 0 Å². The van der Waals surface area contributed by atoms with Crippen molar-refractivity contribution >= 4 is 10.2 Å². The lowest BCUT2D eigenvalue weighted by atomic mass is 10.3. The molecule has 0 radical (unpaired) electrons. The number of rotatable bonds is 6. The average molecular weight is 329 g/mol. The summed E-state index contributed by atoms with van der Waals surface area (Å²) in [6.07, 6.45) is 1.39. The van der Waals surface area contributed by atoms with Gasteiger partial charge in [0.05, 0.1) is 18.8 Å². The standard InChI is InChI=1S/C14H23N3O4S/c1-4-20-14-13(6-5-7-15-14)8-16-22(18,19)17-9-11(2)21-12(3)10-17/h5-7,11-12,16H,4,8-10H2,1-3H3/t11-,12-/m1/s1. The van der Waals surface area contributed by atoms with E-state index in [1.165, 1.54) is 4.31 Å². The molecule has 2 rings (SSSR count). The van der Waals surface area contributed by atoms with Crippen molar-refractivity contribution in [3.63, 3.8) is 0 Å². The van der Waals surface area contributed by atoms with Crippen LogP contribution in [0.1, 0.15) is 26.3 Å². The maximum absolute atomic E-state index is 12.4. The topological polar surface area (TPSA) is 80.8 Å². The number of nitrogens with zero attached hydrogens (tertiary/aromatic N) is 2. The van der Waals surface area contributed by atoms with Crippen LogP contribution in [0.3, 0.4) is 0 Å². The molecule has 1 aliphatic rings. The second-order valence-electron chi connectivity index (χ2n) is 5.30. The van der Waals surface area contributed by atoms with Crippen LogP contribution in [-0.4, -0.2) is 49.6 Å². The third kappa shape index (κ3) is 4.39. The molecule has 1 aromatic rings. The number of pyridine rings is 1. The van der Waals surface area contributed by atoms with Gasteiger partial charge in [-0.25, -0.2) is 4.98 Å². The third-order valence-electron chi connectivity index (χ3n) is 3.30. The lowest BCUT2D eigenvalue weighted by Gasteiger charge is -2.34. The SMILES string of the molecule is CCOc1ncccc1CNS(=O)(=O)N1C[C@@H](C)O[C@H](C)C1. The van der Waals surface area contributed by atoms with Crippen LogP contribution in [0, 0.1) is 0 Å². The maximum Gasteiger partial charge on any atom is 0.279 e. The number of hydrogen-bond acceptors (Lipinski definition) is 5. The Balaban J connectivity index is 2.04. The van der Waals surface area contributed by atoms with E-state index in [-0.39, 0.29) is 18.8 Å². The Bertz CT molecular complexity index is 584. The summed E-state index contributed by atoms with van der Waals surface area (Å²) < 4.78 is 39.8. The Morgan fingerprint density at radius 3 is 2.73 bits per heavy atom. The van der Waals surface area contributed by atoms with E-state index in [9.17, 15) is 8.42 Å². The predicted molar refractivity (Wildman–Crippen MR) is 82.7 cm³/mol. The van der Waals surface area contributed by atoms with Gasteiger partial charge >= 0.3 is 0 Å². The van der Waals surface area contributed by atoms with E-state index in [0.29, 0.717) is 31.1 Å². The molecule has 1 N–H and O–H groups in total. The van der Waals surface area contributed by atoms with E-state index < -0.39 is 10.2 Å². The smallest absolute Gasteiger partial charge is 0.279 e. The quantitative estimate of drug-likeness (QED) is 0.839. The minimum absolute atomic E-state index is 0.113. The minimum Gasteiger partial charge on any atom is -0.478 e. The van der Waals surface area contributed by atoms with Crippen molar-refractivity contribution in [1.29, 1.82) is 0 Å². The molecular formula is C14H23N3O4S. The van der Waals surface area contributed by atoms with Crippen LogP contribution in [0.4, 0.5) is 0 Å². The molecule has 0 unspecified atom stereocenters. The summed E-state index contributed by atoms with van der Waals surface area (Å²) in [5.41, 5.74) is 0.710. The summed E-state index contributed by atoms with van der Waals surface area (Å²) >= 11 is 0. The van der Waals surface area contributed by atoms with Gasteiger partial charge in [0.2, 0.25) is 5.88 Å². The van der Waals surface area contributed by atoms with Crippen molar-refractivity contribution in [3.05, 3.63) is 23.9 Å². The van der Waals surface area contributed by atoms with E-state index in [1.54, 1.807) is 18.3 Å². The van der Waals surface area contributed by atoms with Crippen molar-refractivity contribution in [2.45, 2.75) is 39.5 Å². The highest BCUT2D eigenvalue weighted by Crippen LogP contribution is 2.16. The molecule has 2 atom stereocenters. The summed E-state index contributed by atoms with van der Waals surface area (Å²) in [7, 11) is -3.56. The number of morpholine rings is 1. The molecule has 1 aliphatic heterocycles. The lowest BCUT2D eigenvalue weighted by molar-refractivity contribution is -0.0444. The fourth-order valence-electron chi connectivity index (χ4n) is 2.41. The zero-order chi connectivity index (χ0) is 16.2. The van der Waals surface area contributed by atoms with Crippen LogP contribution >= 0.6 is 0 Å². The molecule has 2 heterocycles. The highest BCUT2D eigenvalue weighted by atomic mass is 32.2. The molecule has 1 aromatic heterocycles. The number of aromatic nitrogens is 1. The lowest BCUT2D eigenvalue weighted by Crippen LogP contribution is -2.51. The Kier molecular flexibility index (Phi) is 5.74. The fraction of sp³-hybridized carbons (Fsp3) is 0.643. The van der Waals surface area contributed by atoms with E-state index in [2.05, 4.69) is 9.71 Å². The molecule has 0 amide bonds. The molecular weight excluding hydrogens is 306 g/mol. The van der Waals surface area contributed by atoms with Gasteiger partial charge in [0.1, 0.15) is 0 Å². The van der Waals surface area contributed by atoms with Crippen LogP contribution in [0.15, 0.2) is 18.3 Å². The molecule has 8 heteroatoms. The van der Waals surface area contributed by atoms with Gasteiger partial charge in [0.15, 0.2) is 0 Å². The van der Waals surface area contributed by atoms with Crippen molar-refractivity contribution < 1.29 is 17.9 Å². The van der Waals surface area contributed by atoms with E-state index >= 15 is 0 Å². The second kappa shape index (κ2) is 7.36. The molecule has 1 fully saturated rings. The molecule has 0 bridgehead atoms. The molecule has 7 nitrogen and oxygen atoms in total. The first-order chi connectivity index (χ1) is 10.4. The van der Waals surface area contributed by atoms with Crippen molar-refractivity contribution in [2.24, 2.45) is 0 Å². The van der Waals surface area contributed by atoms with Gasteiger partial charge in [-0.05, 0) is 26.8 Å². The van der Waals surface area contributed by atoms with Gasteiger partial charge in [-0.3, -0.25) is 0 Å². The molecule has 0 aromatic carbocycles. The van der Waals surface area contributed by atoms with E-state index in [1.807, 2.05) is 20.8 Å². The molecule has 0 saturated carbocycles. The first-order valence-corrected chi connectivity index (χ1v) is 8.83. The number of ether oxygens (including phenoxy) is 2. The normalized spacial score (nSPS) is 23.4. The molecule has 0 aliphatic carbocycles. The van der Waals surface area contributed by atoms with E-state index in [4.69, 9.17) is 9.47 Å². The monoisotopic (exact) mass is 329 g/mol. The van der Waals surface area contributed by atoms with Crippen molar-refractivity contribution in [3.8, 4) is 5.88 Å². The Morgan fingerprint density at radius 1 is 1.41 bits per heavy atom. The Morgan fingerprint density at radius 2 is 2.09 bits per heavy atom. The zero-order valence-corrected chi connectivity index (χ0v) is 14.0. The van der Waals surface area contributed by atoms with Gasteiger partial charge in [-0.2, -0.15) is 17.4 Å². The molecule has 124 valence electrons. The summed E-state index contributed by atoms with van der Waals surface area (Å²) in [5, 5.41) is 0. The summed E-state index contributed by atoms with van der Waals surface area (Å²) in [5.74, 6) is 0.455. The predicted octanol–water partition coefficient (Wildman–Crippen LogP) is 0.924. The van der Waals surface area contributed by atoms with Crippen LogP contribution in [0.2, 0.25) is 0 Å². The van der Waals surface area contributed by atoms with E-state index in [0.717, 1.165) is 0 Å². The first-order valence-electron chi connectivity index (χ1n) is 7.39. The largest absolute Gasteiger partial charge is 0.478 e. The summed E-state index contributed by atoms with van der Waals surface area (Å²) in [6.45, 7) is 6.93. The highest BCUT2D eigenvalue weighted by Gasteiger charge is 2.30. The minimum atomic E-state index is -3.56. The van der Waals surface area contributed by atoms with Gasteiger partial charge in [-0.1, -0.05) is 6.07 Å². The van der Waals surface area contributed by atoms with Crippen molar-refractivity contribution in [1.82, 2.24) is 14.0 Å². The summed E-state index contributed by atoms with van der Waals surface area (Å²) in [6, 6.07) is 3.55. The Hall–Kier alpha value is -1.22. The second-order valence-corrected chi connectivity index (χ2v) is 7.06. The molecule has 1 saturated heterocycles. The Labute approximate surface area is 131 Å². The van der Waals surface area contributed by atoms with Crippen LogP contribution in [-0.2, 0) is 21.5 Å². The van der Waals surface area contributed by atoms with Crippen molar-refractivity contribution in [2.75, 3.05) is 19.7 Å². The number of nitrogens with one attached hydrogen (secondary N) is 1. The average Bonchev–Trinajstić information content (AvgIpc) is 2.46. The van der Waals surface area contributed by atoms with Gasteiger partial charge in [-0.15, -0.1) is 0 Å². The maximum atomic E-state index is 12.4. The summed E-state index contributed by atoms with van der Waals surface area (Å²) in [4.78, 5) is 4.12. The number of hydrogen-bond donors (Lipinski definition) is 1. The van der Waals surface area contributed by atoms with Crippen LogP contribution < -0.4 is 9.46 Å².